The number of hydrogen-bond acceptors (Lipinski definition) is 3. The van der Waals surface area contributed by atoms with E-state index in [2.05, 4.69) is 24.3 Å². The number of nitrogens with one attached hydrogen (secondary N) is 1. The second kappa shape index (κ2) is 6.54. The fraction of sp³-hybridized carbons (Fsp3) is 0.375. The third kappa shape index (κ3) is 3.31. The molecular formula is C16H22N4O. The van der Waals surface area contributed by atoms with Crippen molar-refractivity contribution in [1.82, 2.24) is 15.1 Å². The van der Waals surface area contributed by atoms with E-state index in [1.165, 1.54) is 5.56 Å². The van der Waals surface area contributed by atoms with Gasteiger partial charge in [0.05, 0.1) is 23.1 Å². The zero-order chi connectivity index (χ0) is 15.4. The molecule has 0 aliphatic heterocycles. The SMILES string of the molecule is Cc1ccc(-n2ncc(C(=O)NCCN)c2C(C)C)cc1. The van der Waals surface area contributed by atoms with Gasteiger partial charge >= 0.3 is 0 Å². The second-order valence-corrected chi connectivity index (χ2v) is 5.39. The molecule has 0 saturated carbocycles. The van der Waals surface area contributed by atoms with Crippen LogP contribution < -0.4 is 11.1 Å². The second-order valence-electron chi connectivity index (χ2n) is 5.39. The van der Waals surface area contributed by atoms with Crippen LogP contribution in [0.2, 0.25) is 0 Å². The van der Waals surface area contributed by atoms with Crippen molar-refractivity contribution in [1.29, 1.82) is 0 Å². The summed E-state index contributed by atoms with van der Waals surface area (Å²) < 4.78 is 1.83. The molecule has 0 spiro atoms. The van der Waals surface area contributed by atoms with Crippen molar-refractivity contribution >= 4 is 5.91 Å². The van der Waals surface area contributed by atoms with Crippen LogP contribution in [0, 0.1) is 6.92 Å². The molecule has 0 unspecified atom stereocenters. The van der Waals surface area contributed by atoms with Crippen molar-refractivity contribution in [3.05, 3.63) is 47.3 Å². The number of hydrogen-bond donors (Lipinski definition) is 2. The summed E-state index contributed by atoms with van der Waals surface area (Å²) in [4.78, 5) is 12.2. The van der Waals surface area contributed by atoms with Crippen LogP contribution in [0.15, 0.2) is 30.5 Å². The molecule has 1 amide bonds. The zero-order valence-electron chi connectivity index (χ0n) is 12.8. The maximum Gasteiger partial charge on any atom is 0.254 e. The lowest BCUT2D eigenvalue weighted by molar-refractivity contribution is 0.0953. The van der Waals surface area contributed by atoms with E-state index in [1.54, 1.807) is 6.20 Å². The van der Waals surface area contributed by atoms with Crippen LogP contribution in [0.3, 0.4) is 0 Å². The van der Waals surface area contributed by atoms with Gasteiger partial charge in [-0.2, -0.15) is 5.10 Å². The van der Waals surface area contributed by atoms with E-state index in [0.29, 0.717) is 18.7 Å². The Morgan fingerprint density at radius 2 is 2.00 bits per heavy atom. The van der Waals surface area contributed by atoms with E-state index in [0.717, 1.165) is 11.4 Å². The predicted octanol–water partition coefficient (Wildman–Crippen LogP) is 1.99. The molecule has 0 bridgehead atoms. The minimum absolute atomic E-state index is 0.123. The fourth-order valence-corrected chi connectivity index (χ4v) is 2.26. The largest absolute Gasteiger partial charge is 0.351 e. The number of aryl methyl sites for hydroxylation is 1. The molecule has 112 valence electrons. The van der Waals surface area contributed by atoms with E-state index in [-0.39, 0.29) is 11.8 Å². The first-order valence-corrected chi connectivity index (χ1v) is 7.17. The van der Waals surface area contributed by atoms with Crippen molar-refractivity contribution in [2.75, 3.05) is 13.1 Å². The van der Waals surface area contributed by atoms with Gasteiger partial charge in [0.2, 0.25) is 0 Å². The van der Waals surface area contributed by atoms with Gasteiger partial charge in [-0.3, -0.25) is 4.79 Å². The molecule has 0 aliphatic carbocycles. The molecule has 5 heteroatoms. The Bertz CT molecular complexity index is 614. The van der Waals surface area contributed by atoms with Gasteiger partial charge < -0.3 is 11.1 Å². The molecule has 3 N–H and O–H groups in total. The molecule has 5 nitrogen and oxygen atoms in total. The summed E-state index contributed by atoms with van der Waals surface area (Å²) in [5, 5.41) is 7.19. The Kier molecular flexibility index (Phi) is 4.75. The van der Waals surface area contributed by atoms with Gasteiger partial charge in [0.1, 0.15) is 0 Å². The summed E-state index contributed by atoms with van der Waals surface area (Å²) >= 11 is 0. The molecule has 0 aliphatic rings. The summed E-state index contributed by atoms with van der Waals surface area (Å²) in [7, 11) is 0. The summed E-state index contributed by atoms with van der Waals surface area (Å²) in [6, 6.07) is 8.09. The van der Waals surface area contributed by atoms with E-state index < -0.39 is 0 Å². The lowest BCUT2D eigenvalue weighted by atomic mass is 10.0. The number of amides is 1. The van der Waals surface area contributed by atoms with Gasteiger partial charge in [-0.1, -0.05) is 31.5 Å². The maximum atomic E-state index is 12.2. The minimum atomic E-state index is -0.123. The van der Waals surface area contributed by atoms with Crippen LogP contribution in [0.25, 0.3) is 5.69 Å². The van der Waals surface area contributed by atoms with Crippen LogP contribution in [0.1, 0.15) is 41.4 Å². The summed E-state index contributed by atoms with van der Waals surface area (Å²) in [6.45, 7) is 7.05. The highest BCUT2D eigenvalue weighted by molar-refractivity contribution is 5.95. The first-order chi connectivity index (χ1) is 10.0. The average molecular weight is 286 g/mol. The molecular weight excluding hydrogens is 264 g/mol. The average Bonchev–Trinajstić information content (AvgIpc) is 2.90. The molecule has 0 fully saturated rings. The Morgan fingerprint density at radius 1 is 1.33 bits per heavy atom. The van der Waals surface area contributed by atoms with Crippen LogP contribution in [-0.2, 0) is 0 Å². The third-order valence-electron chi connectivity index (χ3n) is 3.31. The van der Waals surface area contributed by atoms with Crippen molar-refractivity contribution in [2.45, 2.75) is 26.7 Å². The van der Waals surface area contributed by atoms with Gasteiger partial charge in [0.15, 0.2) is 0 Å². The number of rotatable bonds is 5. The molecule has 1 aromatic heterocycles. The van der Waals surface area contributed by atoms with Crippen molar-refractivity contribution in [3.63, 3.8) is 0 Å². The zero-order valence-corrected chi connectivity index (χ0v) is 12.8. The molecule has 2 aromatic rings. The minimum Gasteiger partial charge on any atom is -0.351 e. The molecule has 1 aromatic carbocycles. The highest BCUT2D eigenvalue weighted by atomic mass is 16.1. The van der Waals surface area contributed by atoms with E-state index >= 15 is 0 Å². The van der Waals surface area contributed by atoms with Gasteiger partial charge in [-0.25, -0.2) is 4.68 Å². The van der Waals surface area contributed by atoms with Gasteiger partial charge in [0, 0.05) is 13.1 Å². The number of nitrogens with two attached hydrogens (primary N) is 1. The van der Waals surface area contributed by atoms with Crippen LogP contribution >= 0.6 is 0 Å². The van der Waals surface area contributed by atoms with E-state index in [9.17, 15) is 4.79 Å². The van der Waals surface area contributed by atoms with Crippen molar-refractivity contribution in [2.24, 2.45) is 5.73 Å². The van der Waals surface area contributed by atoms with Gasteiger partial charge in [-0.15, -0.1) is 0 Å². The highest BCUT2D eigenvalue weighted by Crippen LogP contribution is 2.23. The lowest BCUT2D eigenvalue weighted by Crippen LogP contribution is -2.29. The summed E-state index contributed by atoms with van der Waals surface area (Å²) in [6.07, 6.45) is 1.63. The maximum absolute atomic E-state index is 12.2. The van der Waals surface area contributed by atoms with Crippen LogP contribution in [-0.4, -0.2) is 28.8 Å². The number of nitrogens with zero attached hydrogens (tertiary/aromatic N) is 2. The Hall–Kier alpha value is -2.14. The van der Waals surface area contributed by atoms with Crippen LogP contribution in [0.4, 0.5) is 0 Å². The Balaban J connectivity index is 2.41. The van der Waals surface area contributed by atoms with Crippen molar-refractivity contribution < 1.29 is 4.79 Å². The lowest BCUT2D eigenvalue weighted by Gasteiger charge is -2.13. The highest BCUT2D eigenvalue weighted by Gasteiger charge is 2.20. The van der Waals surface area contributed by atoms with E-state index in [1.807, 2.05) is 35.9 Å². The molecule has 2 rings (SSSR count). The Labute approximate surface area is 125 Å². The Morgan fingerprint density at radius 3 is 2.57 bits per heavy atom. The smallest absolute Gasteiger partial charge is 0.254 e. The molecule has 0 radical (unpaired) electrons. The summed E-state index contributed by atoms with van der Waals surface area (Å²) in [5.41, 5.74) is 9.10. The molecule has 21 heavy (non-hydrogen) atoms. The number of aromatic nitrogens is 2. The normalized spacial score (nSPS) is 10.9. The molecule has 1 heterocycles. The molecule has 0 atom stereocenters. The van der Waals surface area contributed by atoms with E-state index in [4.69, 9.17) is 5.73 Å². The van der Waals surface area contributed by atoms with Gasteiger partial charge in [0.25, 0.3) is 5.91 Å². The summed E-state index contributed by atoms with van der Waals surface area (Å²) in [5.74, 6) is 0.0648. The third-order valence-corrected chi connectivity index (χ3v) is 3.31. The molecule has 0 saturated heterocycles. The number of benzene rings is 1. The quantitative estimate of drug-likeness (QED) is 0.883. The topological polar surface area (TPSA) is 72.9 Å². The van der Waals surface area contributed by atoms with Gasteiger partial charge in [-0.05, 0) is 25.0 Å². The number of carbonyl (C=O) groups is 1. The van der Waals surface area contributed by atoms with Crippen molar-refractivity contribution in [3.8, 4) is 5.69 Å². The van der Waals surface area contributed by atoms with Crippen LogP contribution in [0.5, 0.6) is 0 Å². The first-order valence-electron chi connectivity index (χ1n) is 7.17. The standard InChI is InChI=1S/C16H22N4O/c1-11(2)15-14(16(21)18-9-8-17)10-19-20(15)13-6-4-12(3)5-7-13/h4-7,10-11H,8-9,17H2,1-3H3,(H,18,21). The fourth-order valence-electron chi connectivity index (χ4n) is 2.26. The number of carbonyl (C=O) groups excluding carboxylic acids is 1. The first kappa shape index (κ1) is 15.3. The predicted molar refractivity (Wildman–Crippen MR) is 83.8 cm³/mol. The monoisotopic (exact) mass is 286 g/mol.